The quantitative estimate of drug-likeness (QED) is 0.433. The molecule has 2 aliphatic rings. The number of rotatable bonds is 8. The number of hydrogen-bond acceptors (Lipinski definition) is 9. The molecule has 0 radical (unpaired) electrons. The van der Waals surface area contributed by atoms with Crippen LogP contribution in [0.4, 0.5) is 11.6 Å². The summed E-state index contributed by atoms with van der Waals surface area (Å²) in [6, 6.07) is 4.26. The maximum absolute atomic E-state index is 11.2. The van der Waals surface area contributed by atoms with Crippen LogP contribution in [0.2, 0.25) is 10.6 Å². The molecule has 0 saturated carbocycles. The van der Waals surface area contributed by atoms with E-state index in [1.807, 2.05) is 12.1 Å². The second kappa shape index (κ2) is 13.9. The third kappa shape index (κ3) is 8.40. The lowest BCUT2D eigenvalue weighted by atomic mass is 10.2. The fourth-order valence-electron chi connectivity index (χ4n) is 4.35. The Balaban J connectivity index is 0.000000205. The van der Waals surface area contributed by atoms with E-state index in [0.717, 1.165) is 81.2 Å². The lowest BCUT2D eigenvalue weighted by molar-refractivity contribution is -0.124. The number of aryl methyl sites for hydroxylation is 2. The molecule has 2 fully saturated rings. The van der Waals surface area contributed by atoms with Crippen molar-refractivity contribution in [1.82, 2.24) is 25.3 Å². The van der Waals surface area contributed by atoms with E-state index in [-0.39, 0.29) is 23.3 Å². The Morgan fingerprint density at radius 3 is 1.97 bits per heavy atom. The number of nitrogens with two attached hydrogens (primary N) is 1. The van der Waals surface area contributed by atoms with Crippen molar-refractivity contribution in [1.29, 1.82) is 0 Å². The second-order valence-electron chi connectivity index (χ2n) is 9.13. The third-order valence-corrected chi connectivity index (χ3v) is 6.40. The summed E-state index contributed by atoms with van der Waals surface area (Å²) >= 11 is 11.9. The molecule has 198 valence electrons. The predicted molar refractivity (Wildman–Crippen MR) is 143 cm³/mol. The standard InChI is InChI=1S/C13H19ClN4O2.C11H17ClN4/c1-2-3-9-6-11(17-13(14)16-9)18-5-4-10(7-18)15-12(20)8-19;1-2-3-9-6-10(15-11(12)14-9)16-5-4-8(13)7-16/h6,10,19H,2-5,7-8H2,1H3,(H,15,20);6,8H,2-5,7,13H2,1H3/t10-;8-/m00/s1. The normalized spacial score (nSPS) is 19.3. The molecule has 12 heteroatoms. The highest BCUT2D eigenvalue weighted by Gasteiger charge is 2.25. The molecule has 4 N–H and O–H groups in total. The first-order valence-corrected chi connectivity index (χ1v) is 13.3. The molecule has 0 spiro atoms. The summed E-state index contributed by atoms with van der Waals surface area (Å²) in [5.41, 5.74) is 7.83. The molecule has 0 bridgehead atoms. The number of halogens is 2. The van der Waals surface area contributed by atoms with E-state index in [4.69, 9.17) is 34.0 Å². The number of aliphatic hydroxyl groups excluding tert-OH is 1. The number of hydrogen-bond donors (Lipinski definition) is 3. The van der Waals surface area contributed by atoms with Gasteiger partial charge in [0.25, 0.3) is 0 Å². The van der Waals surface area contributed by atoms with Gasteiger partial charge in [0.05, 0.1) is 0 Å². The molecule has 4 heterocycles. The van der Waals surface area contributed by atoms with Crippen molar-refractivity contribution >= 4 is 40.7 Å². The largest absolute Gasteiger partial charge is 0.387 e. The van der Waals surface area contributed by atoms with Crippen LogP contribution in [0, 0.1) is 0 Å². The molecule has 2 saturated heterocycles. The van der Waals surface area contributed by atoms with Gasteiger partial charge in [-0.3, -0.25) is 4.79 Å². The molecule has 1 amide bonds. The monoisotopic (exact) mass is 538 g/mol. The van der Waals surface area contributed by atoms with Crippen molar-refractivity contribution in [3.05, 3.63) is 34.1 Å². The minimum atomic E-state index is -0.476. The van der Waals surface area contributed by atoms with Crippen LogP contribution in [0.5, 0.6) is 0 Å². The highest BCUT2D eigenvalue weighted by atomic mass is 35.5. The molecule has 0 aliphatic carbocycles. The van der Waals surface area contributed by atoms with Gasteiger partial charge in [-0.15, -0.1) is 0 Å². The fraction of sp³-hybridized carbons (Fsp3) is 0.625. The van der Waals surface area contributed by atoms with Crippen LogP contribution in [0.25, 0.3) is 0 Å². The van der Waals surface area contributed by atoms with Crippen molar-refractivity contribution in [2.75, 3.05) is 42.6 Å². The first kappa shape index (κ1) is 28.3. The maximum Gasteiger partial charge on any atom is 0.245 e. The van der Waals surface area contributed by atoms with Gasteiger partial charge in [0.2, 0.25) is 16.5 Å². The van der Waals surface area contributed by atoms with Gasteiger partial charge < -0.3 is 26.0 Å². The number of amides is 1. The van der Waals surface area contributed by atoms with Gasteiger partial charge in [-0.1, -0.05) is 26.7 Å². The molecular formula is C24H36Cl2N8O2. The summed E-state index contributed by atoms with van der Waals surface area (Å²) in [5, 5.41) is 12.1. The minimum absolute atomic E-state index is 0.0398. The van der Waals surface area contributed by atoms with Gasteiger partial charge in [0.15, 0.2) is 0 Å². The number of aromatic nitrogens is 4. The van der Waals surface area contributed by atoms with E-state index in [1.54, 1.807) is 0 Å². The van der Waals surface area contributed by atoms with Crippen LogP contribution in [0.15, 0.2) is 12.1 Å². The van der Waals surface area contributed by atoms with E-state index in [0.29, 0.717) is 11.8 Å². The molecule has 2 aromatic rings. The summed E-state index contributed by atoms with van der Waals surface area (Å²) in [6.07, 6.45) is 5.72. The molecule has 0 unspecified atom stereocenters. The summed E-state index contributed by atoms with van der Waals surface area (Å²) in [6.45, 7) is 7.03. The van der Waals surface area contributed by atoms with Crippen molar-refractivity contribution in [3.8, 4) is 0 Å². The van der Waals surface area contributed by atoms with Gasteiger partial charge in [-0.25, -0.2) is 19.9 Å². The van der Waals surface area contributed by atoms with Gasteiger partial charge in [0, 0.05) is 61.8 Å². The number of carbonyl (C=O) groups excluding carboxylic acids is 1. The van der Waals surface area contributed by atoms with Gasteiger partial charge in [0.1, 0.15) is 18.2 Å². The molecule has 2 aliphatic heterocycles. The van der Waals surface area contributed by atoms with Crippen molar-refractivity contribution in [2.45, 2.75) is 64.5 Å². The fourth-order valence-corrected chi connectivity index (χ4v) is 4.74. The maximum atomic E-state index is 11.2. The lowest BCUT2D eigenvalue weighted by Crippen LogP contribution is -2.38. The topological polar surface area (TPSA) is 133 Å². The number of nitrogens with zero attached hydrogens (tertiary/aromatic N) is 6. The van der Waals surface area contributed by atoms with Crippen LogP contribution >= 0.6 is 23.2 Å². The van der Waals surface area contributed by atoms with Crippen molar-refractivity contribution < 1.29 is 9.90 Å². The Hall–Kier alpha value is -2.27. The van der Waals surface area contributed by atoms with Crippen LogP contribution in [-0.2, 0) is 17.6 Å². The average molecular weight is 540 g/mol. The molecule has 2 atom stereocenters. The minimum Gasteiger partial charge on any atom is -0.387 e. The summed E-state index contributed by atoms with van der Waals surface area (Å²) < 4.78 is 0. The molecule has 36 heavy (non-hydrogen) atoms. The van der Waals surface area contributed by atoms with Crippen LogP contribution < -0.4 is 20.9 Å². The summed E-state index contributed by atoms with van der Waals surface area (Å²) in [4.78, 5) is 32.4. The highest BCUT2D eigenvalue weighted by Crippen LogP contribution is 2.22. The van der Waals surface area contributed by atoms with Gasteiger partial charge in [-0.05, 0) is 48.9 Å². The zero-order valence-electron chi connectivity index (χ0n) is 21.0. The van der Waals surface area contributed by atoms with Crippen LogP contribution in [0.1, 0.15) is 50.9 Å². The Labute approximate surface area is 222 Å². The van der Waals surface area contributed by atoms with Gasteiger partial charge in [-0.2, -0.15) is 0 Å². The SMILES string of the molecule is CCCc1cc(N2CC[C@H](N)C2)nc(Cl)n1.CCCc1cc(N2CC[C@H](NC(=O)CO)C2)nc(Cl)n1. The van der Waals surface area contributed by atoms with Crippen molar-refractivity contribution in [3.63, 3.8) is 0 Å². The lowest BCUT2D eigenvalue weighted by Gasteiger charge is -2.18. The summed E-state index contributed by atoms with van der Waals surface area (Å²) in [7, 11) is 0. The predicted octanol–water partition coefficient (Wildman–Crippen LogP) is 2.39. The van der Waals surface area contributed by atoms with E-state index in [1.165, 1.54) is 0 Å². The van der Waals surface area contributed by atoms with E-state index >= 15 is 0 Å². The average Bonchev–Trinajstić information content (AvgIpc) is 3.48. The number of anilines is 2. The van der Waals surface area contributed by atoms with Crippen LogP contribution in [0.3, 0.4) is 0 Å². The Morgan fingerprint density at radius 2 is 1.50 bits per heavy atom. The molecule has 4 rings (SSSR count). The van der Waals surface area contributed by atoms with Crippen molar-refractivity contribution in [2.24, 2.45) is 5.73 Å². The summed E-state index contributed by atoms with van der Waals surface area (Å²) in [5.74, 6) is 1.37. The zero-order valence-corrected chi connectivity index (χ0v) is 22.5. The van der Waals surface area contributed by atoms with E-state index in [2.05, 4.69) is 48.9 Å². The Bertz CT molecular complexity index is 1010. The molecule has 2 aromatic heterocycles. The molecule has 0 aromatic carbocycles. The van der Waals surface area contributed by atoms with E-state index < -0.39 is 6.61 Å². The third-order valence-electron chi connectivity index (χ3n) is 6.06. The molecular weight excluding hydrogens is 503 g/mol. The van der Waals surface area contributed by atoms with Gasteiger partial charge >= 0.3 is 0 Å². The first-order valence-electron chi connectivity index (χ1n) is 12.5. The number of carbonyl (C=O) groups is 1. The first-order chi connectivity index (χ1) is 17.3. The Morgan fingerprint density at radius 1 is 0.972 bits per heavy atom. The van der Waals surface area contributed by atoms with E-state index in [9.17, 15) is 4.79 Å². The zero-order chi connectivity index (χ0) is 26.1. The smallest absolute Gasteiger partial charge is 0.245 e. The highest BCUT2D eigenvalue weighted by molar-refractivity contribution is 6.28. The van der Waals surface area contributed by atoms with Crippen LogP contribution in [-0.4, -0.2) is 75.8 Å². The number of aliphatic hydroxyl groups is 1. The molecule has 10 nitrogen and oxygen atoms in total. The number of nitrogens with one attached hydrogen (secondary N) is 1. The second-order valence-corrected chi connectivity index (χ2v) is 9.80. The Kier molecular flexibility index (Phi) is 10.9.